The van der Waals surface area contributed by atoms with Gasteiger partial charge >= 0.3 is 0 Å². The molecule has 0 spiro atoms. The van der Waals surface area contributed by atoms with Crippen molar-refractivity contribution >= 4 is 83.8 Å². The molecule has 2 heterocycles. The second-order valence-corrected chi connectivity index (χ2v) is 42.0. The summed E-state index contributed by atoms with van der Waals surface area (Å²) in [5.41, 5.74) is 39.7. The van der Waals surface area contributed by atoms with Crippen molar-refractivity contribution in [2.45, 2.75) is 336 Å². The number of para-hydroxylation sites is 2. The Hall–Kier alpha value is -11.2. The fourth-order valence-electron chi connectivity index (χ4n) is 23.7. The van der Waals surface area contributed by atoms with Crippen LogP contribution in [0.3, 0.4) is 0 Å². The summed E-state index contributed by atoms with van der Waals surface area (Å²) in [5, 5.41) is 5.48. The molecule has 0 saturated heterocycles. The van der Waals surface area contributed by atoms with Crippen molar-refractivity contribution in [2.75, 3.05) is 9.80 Å². The molecule has 4 heteroatoms. The second-order valence-electron chi connectivity index (χ2n) is 42.0. The van der Waals surface area contributed by atoms with Gasteiger partial charge in [0.15, 0.2) is 0 Å². The molecule has 4 nitrogen and oxygen atoms in total. The SMILES string of the molecule is C=Cc1ccc(N(c2ccc(C)cc2)c2ccc(-c3ccc(N(c4ccc(-n5c6ccccc6c6cc7c(cc65)-c5ccc(-c6cc(CCCCCC)c(-n8c9ccccc9c9cc%10c(cc98)-c8ccc(C)cc8C%10(CCCCCCCC)CCCCCCCC)cc6CCCCCC)cc5C7(CCCCCCCC)CCCCCCCC)cc4)c4ccc(C(C)(C)C)cc4)cc3)cc2)cc1. The van der Waals surface area contributed by atoms with Crippen LogP contribution in [0.4, 0.5) is 34.1 Å². The highest BCUT2D eigenvalue weighted by Gasteiger charge is 2.46. The van der Waals surface area contributed by atoms with Gasteiger partial charge in [-0.15, -0.1) is 0 Å². The molecule has 0 bridgehead atoms. The van der Waals surface area contributed by atoms with Crippen LogP contribution < -0.4 is 9.80 Å². The van der Waals surface area contributed by atoms with Crippen LogP contribution in [-0.4, -0.2) is 9.13 Å². The molecule has 0 radical (unpaired) electrons. The number of anilines is 6. The van der Waals surface area contributed by atoms with Gasteiger partial charge in [-0.2, -0.15) is 0 Å². The lowest BCUT2D eigenvalue weighted by atomic mass is 9.70. The molecule has 0 atom stereocenters. The minimum absolute atomic E-state index is 0.00788. The number of aryl methyl sites for hydroxylation is 4. The molecule has 2 aliphatic rings. The summed E-state index contributed by atoms with van der Waals surface area (Å²) in [6.07, 6.45) is 49.7. The summed E-state index contributed by atoms with van der Waals surface area (Å²) in [6.45, 7) is 29.7. The number of rotatable bonds is 49. The predicted molar refractivity (Wildman–Crippen MR) is 594 cm³/mol. The van der Waals surface area contributed by atoms with Crippen LogP contribution in [-0.2, 0) is 29.1 Å². The van der Waals surface area contributed by atoms with Crippen LogP contribution in [0.25, 0.3) is 106 Å². The normalized spacial score (nSPS) is 13.1. The van der Waals surface area contributed by atoms with Crippen LogP contribution in [0.5, 0.6) is 0 Å². The van der Waals surface area contributed by atoms with E-state index in [1.165, 1.54) is 340 Å². The number of hydrogen-bond acceptors (Lipinski definition) is 2. The molecule has 2 aliphatic carbocycles. The number of hydrogen-bond donors (Lipinski definition) is 0. The Kier molecular flexibility index (Phi) is 31.9. The zero-order chi connectivity index (χ0) is 94.1. The third kappa shape index (κ3) is 20.7. The van der Waals surface area contributed by atoms with Crippen molar-refractivity contribution in [3.8, 4) is 55.9 Å². The summed E-state index contributed by atoms with van der Waals surface area (Å²) in [6, 6.07) is 106. The van der Waals surface area contributed by atoms with E-state index in [0.29, 0.717) is 0 Å². The zero-order valence-electron chi connectivity index (χ0n) is 84.8. The minimum Gasteiger partial charge on any atom is -0.311 e. The predicted octanol–water partition coefficient (Wildman–Crippen LogP) is 40.5. The fourth-order valence-corrected chi connectivity index (χ4v) is 23.7. The van der Waals surface area contributed by atoms with Gasteiger partial charge in [0.2, 0.25) is 0 Å². The molecular formula is C132H156N4. The van der Waals surface area contributed by atoms with Crippen molar-refractivity contribution in [2.24, 2.45) is 0 Å². The first-order chi connectivity index (χ1) is 66.6. The topological polar surface area (TPSA) is 16.3 Å². The van der Waals surface area contributed by atoms with E-state index >= 15 is 0 Å². The first-order valence-electron chi connectivity index (χ1n) is 54.0. The van der Waals surface area contributed by atoms with Gasteiger partial charge in [-0.3, -0.25) is 0 Å². The number of nitrogens with zero attached hydrogens (tertiary/aromatic N) is 4. The molecule has 17 rings (SSSR count). The van der Waals surface area contributed by atoms with E-state index in [1.807, 2.05) is 6.08 Å². The summed E-state index contributed by atoms with van der Waals surface area (Å²) >= 11 is 0. The van der Waals surface area contributed by atoms with Crippen molar-refractivity contribution in [1.29, 1.82) is 0 Å². The Morgan fingerprint density at radius 3 is 1.08 bits per heavy atom. The molecule has 0 N–H and O–H groups in total. The lowest BCUT2D eigenvalue weighted by Gasteiger charge is -2.33. The summed E-state index contributed by atoms with van der Waals surface area (Å²) < 4.78 is 5.40. The van der Waals surface area contributed by atoms with Gasteiger partial charge in [0.1, 0.15) is 0 Å². The third-order valence-electron chi connectivity index (χ3n) is 31.4. The molecule has 15 aromatic rings. The first-order valence-corrected chi connectivity index (χ1v) is 54.0. The van der Waals surface area contributed by atoms with Gasteiger partial charge in [-0.05, 0) is 299 Å². The maximum atomic E-state index is 4.03. The first kappa shape index (κ1) is 96.5. The van der Waals surface area contributed by atoms with Crippen molar-refractivity contribution < 1.29 is 0 Å². The molecule has 2 aromatic heterocycles. The lowest BCUT2D eigenvalue weighted by molar-refractivity contribution is 0.398. The Morgan fingerprint density at radius 2 is 0.632 bits per heavy atom. The van der Waals surface area contributed by atoms with Gasteiger partial charge in [0.05, 0.1) is 22.1 Å². The van der Waals surface area contributed by atoms with Crippen molar-refractivity contribution in [1.82, 2.24) is 9.13 Å². The van der Waals surface area contributed by atoms with Gasteiger partial charge < -0.3 is 18.9 Å². The van der Waals surface area contributed by atoms with E-state index in [4.69, 9.17) is 0 Å². The van der Waals surface area contributed by atoms with E-state index < -0.39 is 0 Å². The zero-order valence-corrected chi connectivity index (χ0v) is 84.8. The van der Waals surface area contributed by atoms with E-state index in [9.17, 15) is 0 Å². The Balaban J connectivity index is 0.787. The standard InChI is InChI=1S/C132H156N4/c1-13-20-26-32-36-46-84-131(85-47-37-33-27-21-14-2)121-88-97(9)58-82-112(121)118-95-129-120(93-123(118)131)115-53-43-45-55-126(115)136(129)127-91-101(50-40-30-24-17-5)116(89-103(127)51-41-31-25-18-6)102-65-83-113-117-94-128-119(92-124(117)132(122(113)90-102,86-48-38-34-28-22-15-3)87-49-39-35-29-23-16-4)114-52-42-44-54-125(114)135(128)111-80-78-110(79-81-111)134(109-76-66-104(67-77-109)130(10,11)12)108-74-63-100(64-75-108)99-61-72-107(73-62-99)133(105-68-56-96(8)57-69-105)106-70-59-98(19-7)60-71-106/h19,42-45,52-83,88-95H,7,13-18,20-41,46-51,84-87H2,1-6,8-12H3. The van der Waals surface area contributed by atoms with Crippen molar-refractivity contribution in [3.63, 3.8) is 0 Å². The average Bonchev–Trinajstić information content (AvgIpc) is 1.54. The van der Waals surface area contributed by atoms with Gasteiger partial charge in [-0.25, -0.2) is 0 Å². The molecule has 704 valence electrons. The van der Waals surface area contributed by atoms with Gasteiger partial charge in [0, 0.05) is 77.9 Å². The number of unbranched alkanes of at least 4 members (excludes halogenated alkanes) is 26. The highest BCUT2D eigenvalue weighted by Crippen LogP contribution is 2.60. The maximum absolute atomic E-state index is 4.03. The largest absolute Gasteiger partial charge is 0.311 e. The number of aromatic nitrogens is 2. The van der Waals surface area contributed by atoms with Crippen LogP contribution in [0.2, 0.25) is 0 Å². The fraction of sp³-hybridized carbons (Fsp3) is 0.394. The molecule has 13 aromatic carbocycles. The van der Waals surface area contributed by atoms with Crippen LogP contribution in [0, 0.1) is 13.8 Å². The summed E-state index contributed by atoms with van der Waals surface area (Å²) in [5.74, 6) is 0. The molecule has 136 heavy (non-hydrogen) atoms. The monoisotopic (exact) mass is 1800 g/mol. The number of benzene rings is 13. The van der Waals surface area contributed by atoms with Crippen LogP contribution >= 0.6 is 0 Å². The van der Waals surface area contributed by atoms with Crippen LogP contribution in [0.1, 0.15) is 349 Å². The second kappa shape index (κ2) is 44.9. The maximum Gasteiger partial charge on any atom is 0.0547 e. The van der Waals surface area contributed by atoms with E-state index in [-0.39, 0.29) is 16.2 Å². The van der Waals surface area contributed by atoms with Gasteiger partial charge in [-0.1, -0.05) is 406 Å². The summed E-state index contributed by atoms with van der Waals surface area (Å²) in [4.78, 5) is 4.78. The lowest BCUT2D eigenvalue weighted by Crippen LogP contribution is -2.25. The number of fused-ring (bicyclic) bond motifs is 12. The molecule has 0 aliphatic heterocycles. The smallest absolute Gasteiger partial charge is 0.0547 e. The molecule has 0 saturated carbocycles. The van der Waals surface area contributed by atoms with Gasteiger partial charge in [0.25, 0.3) is 0 Å². The quantitative estimate of drug-likeness (QED) is 0.0353. The van der Waals surface area contributed by atoms with E-state index in [0.717, 1.165) is 71.1 Å². The summed E-state index contributed by atoms with van der Waals surface area (Å²) in [7, 11) is 0. The molecule has 0 amide bonds. The van der Waals surface area contributed by atoms with E-state index in [1.54, 1.807) is 22.3 Å². The average molecular weight is 1800 g/mol. The Labute approximate surface area is 818 Å². The van der Waals surface area contributed by atoms with Crippen molar-refractivity contribution in [3.05, 3.63) is 329 Å². The molecular weight excluding hydrogens is 1640 g/mol. The minimum atomic E-state index is -0.165. The van der Waals surface area contributed by atoms with E-state index in [2.05, 4.69) is 369 Å². The molecule has 0 fully saturated rings. The Morgan fingerprint density at radius 1 is 0.279 bits per heavy atom. The Bertz CT molecular complexity index is 6460. The highest BCUT2D eigenvalue weighted by atomic mass is 15.1. The third-order valence-corrected chi connectivity index (χ3v) is 31.4. The molecule has 0 unspecified atom stereocenters. The van der Waals surface area contributed by atoms with Crippen LogP contribution in [0.15, 0.2) is 273 Å². The highest BCUT2D eigenvalue weighted by molar-refractivity contribution is 6.13.